The van der Waals surface area contributed by atoms with Crippen LogP contribution in [0.15, 0.2) is 47.4 Å². The van der Waals surface area contributed by atoms with Gasteiger partial charge in [0.15, 0.2) is 0 Å². The minimum atomic E-state index is -3.47. The average molecular weight is 405 g/mol. The number of ether oxygens (including phenoxy) is 1. The predicted molar refractivity (Wildman–Crippen MR) is 110 cm³/mol. The number of carbonyl (C=O) groups excluding carboxylic acids is 1. The number of hydrogen-bond acceptors (Lipinski definition) is 4. The third-order valence-electron chi connectivity index (χ3n) is 4.54. The summed E-state index contributed by atoms with van der Waals surface area (Å²) in [5, 5.41) is 2.87. The van der Waals surface area contributed by atoms with E-state index in [-0.39, 0.29) is 17.2 Å². The van der Waals surface area contributed by atoms with Crippen LogP contribution in [0.3, 0.4) is 0 Å². The zero-order chi connectivity index (χ0) is 20.7. The van der Waals surface area contributed by atoms with Crippen molar-refractivity contribution < 1.29 is 17.9 Å². The minimum absolute atomic E-state index is 0.122. The van der Waals surface area contributed by atoms with Gasteiger partial charge in [0.25, 0.3) is 0 Å². The smallest absolute Gasteiger partial charge is 0.243 e. The van der Waals surface area contributed by atoms with Crippen molar-refractivity contribution in [2.24, 2.45) is 0 Å². The van der Waals surface area contributed by atoms with Crippen molar-refractivity contribution in [3.05, 3.63) is 59.2 Å². The topological polar surface area (TPSA) is 75.7 Å². The fourth-order valence-corrected chi connectivity index (χ4v) is 4.43. The Balaban J connectivity index is 2.00. The molecule has 6 nitrogen and oxygen atoms in total. The van der Waals surface area contributed by atoms with Crippen molar-refractivity contribution in [3.8, 4) is 5.75 Å². The van der Waals surface area contributed by atoms with Crippen LogP contribution in [0.25, 0.3) is 0 Å². The number of amides is 1. The van der Waals surface area contributed by atoms with E-state index in [4.69, 9.17) is 4.74 Å². The zero-order valence-electron chi connectivity index (χ0n) is 16.9. The largest absolute Gasteiger partial charge is 0.496 e. The lowest BCUT2D eigenvalue weighted by Gasteiger charge is -2.18. The van der Waals surface area contributed by atoms with Gasteiger partial charge in [-0.2, -0.15) is 4.31 Å². The fraction of sp³-hybridized carbons (Fsp3) is 0.381. The van der Waals surface area contributed by atoms with Crippen molar-refractivity contribution in [2.45, 2.75) is 38.6 Å². The van der Waals surface area contributed by atoms with Crippen LogP contribution in [0.2, 0.25) is 0 Å². The van der Waals surface area contributed by atoms with Crippen molar-refractivity contribution >= 4 is 15.9 Å². The Labute approximate surface area is 167 Å². The summed E-state index contributed by atoms with van der Waals surface area (Å²) in [5.41, 5.74) is 2.73. The second-order valence-corrected chi connectivity index (χ2v) is 8.44. The van der Waals surface area contributed by atoms with Crippen LogP contribution in [0.5, 0.6) is 5.75 Å². The van der Waals surface area contributed by atoms with Crippen LogP contribution in [-0.4, -0.2) is 38.8 Å². The highest BCUT2D eigenvalue weighted by Gasteiger charge is 2.21. The SMILES string of the molecule is CCN(CC)S(=O)(=O)c1ccc(CNC(=O)Cc2cc(C)ccc2OC)cc1. The van der Waals surface area contributed by atoms with Gasteiger partial charge in [0, 0.05) is 25.2 Å². The summed E-state index contributed by atoms with van der Waals surface area (Å²) in [4.78, 5) is 12.5. The van der Waals surface area contributed by atoms with E-state index in [9.17, 15) is 13.2 Å². The number of sulfonamides is 1. The molecule has 28 heavy (non-hydrogen) atoms. The second-order valence-electron chi connectivity index (χ2n) is 6.50. The number of methoxy groups -OCH3 is 1. The zero-order valence-corrected chi connectivity index (χ0v) is 17.7. The summed E-state index contributed by atoms with van der Waals surface area (Å²) in [6.45, 7) is 6.79. The molecule has 0 aromatic heterocycles. The van der Waals surface area contributed by atoms with Gasteiger partial charge in [0.1, 0.15) is 5.75 Å². The first-order valence-electron chi connectivity index (χ1n) is 9.31. The standard InChI is InChI=1S/C21H28N2O4S/c1-5-23(6-2)28(25,26)19-10-8-17(9-11-19)15-22-21(24)14-18-13-16(3)7-12-20(18)27-4/h7-13H,5-6,14-15H2,1-4H3,(H,22,24). The lowest BCUT2D eigenvalue weighted by Crippen LogP contribution is -2.30. The summed E-state index contributed by atoms with van der Waals surface area (Å²) in [6.07, 6.45) is 0.222. The van der Waals surface area contributed by atoms with E-state index in [0.717, 1.165) is 16.7 Å². The summed E-state index contributed by atoms with van der Waals surface area (Å²) < 4.78 is 31.7. The molecule has 152 valence electrons. The van der Waals surface area contributed by atoms with Crippen molar-refractivity contribution in [1.82, 2.24) is 9.62 Å². The monoisotopic (exact) mass is 404 g/mol. The number of carbonyl (C=O) groups is 1. The van der Waals surface area contributed by atoms with Crippen LogP contribution >= 0.6 is 0 Å². The quantitative estimate of drug-likeness (QED) is 0.697. The number of rotatable bonds is 9. The highest BCUT2D eigenvalue weighted by molar-refractivity contribution is 7.89. The summed E-state index contributed by atoms with van der Waals surface area (Å²) >= 11 is 0. The molecule has 0 aliphatic heterocycles. The predicted octanol–water partition coefficient (Wildman–Crippen LogP) is 2.89. The molecule has 0 aliphatic rings. The third-order valence-corrected chi connectivity index (χ3v) is 6.61. The third kappa shape index (κ3) is 5.33. The minimum Gasteiger partial charge on any atom is -0.496 e. The summed E-state index contributed by atoms with van der Waals surface area (Å²) in [5.74, 6) is 0.565. The lowest BCUT2D eigenvalue weighted by atomic mass is 10.1. The second kappa shape index (κ2) is 9.71. The molecular weight excluding hydrogens is 376 g/mol. The lowest BCUT2D eigenvalue weighted by molar-refractivity contribution is -0.120. The van der Waals surface area contributed by atoms with Gasteiger partial charge in [-0.15, -0.1) is 0 Å². The molecule has 0 saturated carbocycles. The molecule has 7 heteroatoms. The maximum absolute atomic E-state index is 12.5. The Kier molecular flexibility index (Phi) is 7.60. The van der Waals surface area contributed by atoms with Gasteiger partial charge in [0.2, 0.25) is 15.9 Å². The molecule has 1 amide bonds. The van der Waals surface area contributed by atoms with E-state index < -0.39 is 10.0 Å². The van der Waals surface area contributed by atoms with Crippen molar-refractivity contribution in [2.75, 3.05) is 20.2 Å². The summed E-state index contributed by atoms with van der Waals surface area (Å²) in [7, 11) is -1.89. The number of benzene rings is 2. The Morgan fingerprint density at radius 1 is 1.07 bits per heavy atom. The molecule has 2 aromatic rings. The molecule has 0 heterocycles. The first-order valence-corrected chi connectivity index (χ1v) is 10.7. The van der Waals surface area contributed by atoms with Gasteiger partial charge in [-0.3, -0.25) is 4.79 Å². The highest BCUT2D eigenvalue weighted by atomic mass is 32.2. The Hall–Kier alpha value is -2.38. The molecule has 0 spiro atoms. The normalized spacial score (nSPS) is 11.5. The molecular formula is C21H28N2O4S. The Morgan fingerprint density at radius 3 is 2.29 bits per heavy atom. The van der Waals surface area contributed by atoms with Gasteiger partial charge in [-0.25, -0.2) is 8.42 Å². The molecule has 0 radical (unpaired) electrons. The van der Waals surface area contributed by atoms with Crippen molar-refractivity contribution in [3.63, 3.8) is 0 Å². The first-order chi connectivity index (χ1) is 13.3. The van der Waals surface area contributed by atoms with E-state index in [2.05, 4.69) is 5.32 Å². The maximum atomic E-state index is 12.5. The molecule has 0 unspecified atom stereocenters. The average Bonchev–Trinajstić information content (AvgIpc) is 2.67. The number of hydrogen-bond donors (Lipinski definition) is 1. The fourth-order valence-electron chi connectivity index (χ4n) is 2.97. The molecule has 0 bridgehead atoms. The van der Waals surface area contributed by atoms with Crippen LogP contribution in [-0.2, 0) is 27.8 Å². The van der Waals surface area contributed by atoms with Crippen LogP contribution in [0.4, 0.5) is 0 Å². The highest BCUT2D eigenvalue weighted by Crippen LogP contribution is 2.20. The van der Waals surface area contributed by atoms with Gasteiger partial charge >= 0.3 is 0 Å². The molecule has 0 fully saturated rings. The van der Waals surface area contributed by atoms with E-state index in [1.807, 2.05) is 39.0 Å². The Morgan fingerprint density at radius 2 is 1.71 bits per heavy atom. The van der Waals surface area contributed by atoms with Gasteiger partial charge in [0.05, 0.1) is 18.4 Å². The molecule has 2 aromatic carbocycles. The maximum Gasteiger partial charge on any atom is 0.243 e. The van der Waals surface area contributed by atoms with E-state index in [1.165, 1.54) is 4.31 Å². The van der Waals surface area contributed by atoms with E-state index in [1.54, 1.807) is 31.4 Å². The van der Waals surface area contributed by atoms with Crippen molar-refractivity contribution in [1.29, 1.82) is 0 Å². The molecule has 0 atom stereocenters. The van der Waals surface area contributed by atoms with Crippen LogP contribution < -0.4 is 10.1 Å². The molecule has 0 saturated heterocycles. The number of nitrogens with one attached hydrogen (secondary N) is 1. The molecule has 2 rings (SSSR count). The van der Waals surface area contributed by atoms with Gasteiger partial charge < -0.3 is 10.1 Å². The summed E-state index contributed by atoms with van der Waals surface area (Å²) in [6, 6.07) is 12.3. The number of nitrogens with zero attached hydrogens (tertiary/aromatic N) is 1. The van der Waals surface area contributed by atoms with Gasteiger partial charge in [-0.1, -0.05) is 43.7 Å². The van der Waals surface area contributed by atoms with Crippen LogP contribution in [0, 0.1) is 6.92 Å². The van der Waals surface area contributed by atoms with E-state index in [0.29, 0.717) is 25.4 Å². The van der Waals surface area contributed by atoms with E-state index >= 15 is 0 Å². The molecule has 1 N–H and O–H groups in total. The number of aryl methyl sites for hydroxylation is 1. The molecule has 0 aliphatic carbocycles. The van der Waals surface area contributed by atoms with Gasteiger partial charge in [-0.05, 0) is 30.7 Å². The van der Waals surface area contributed by atoms with Crippen LogP contribution in [0.1, 0.15) is 30.5 Å². The Bertz CT molecular complexity index is 905. The first kappa shape index (κ1) is 21.9.